The smallest absolute Gasteiger partial charge is 0.276 e. The molecule has 16 nitrogen and oxygen atoms in total. The summed E-state index contributed by atoms with van der Waals surface area (Å²) in [5, 5.41) is 35.2. The van der Waals surface area contributed by atoms with Crippen LogP contribution in [0, 0.1) is 12.3 Å². The molecule has 2 aromatic heterocycles. The van der Waals surface area contributed by atoms with E-state index in [-0.39, 0.29) is 30.5 Å². The second kappa shape index (κ2) is 14.2. The predicted molar refractivity (Wildman–Crippen MR) is 202 cm³/mol. The van der Waals surface area contributed by atoms with E-state index in [0.29, 0.717) is 93.0 Å². The number of hydrogen-bond donors (Lipinski definition) is 4. The summed E-state index contributed by atoms with van der Waals surface area (Å²) in [5.41, 5.74) is 3.32. The molecule has 288 valence electrons. The first kappa shape index (κ1) is 36.4. The quantitative estimate of drug-likeness (QED) is 0.183. The van der Waals surface area contributed by atoms with Crippen LogP contribution in [0.3, 0.4) is 0 Å². The molecule has 16 heteroatoms. The number of anilines is 4. The van der Waals surface area contributed by atoms with E-state index < -0.39 is 23.2 Å². The lowest BCUT2D eigenvalue weighted by atomic mass is 9.98. The molecule has 0 spiro atoms. The van der Waals surface area contributed by atoms with E-state index in [1.165, 1.54) is 0 Å². The largest absolute Gasteiger partial charge is 0.484 e. The first-order valence-electron chi connectivity index (χ1n) is 18.3. The second-order valence-electron chi connectivity index (χ2n) is 14.7. The molecule has 0 radical (unpaired) electrons. The summed E-state index contributed by atoms with van der Waals surface area (Å²) in [6.07, 6.45) is 9.46. The molecule has 55 heavy (non-hydrogen) atoms. The molecule has 4 aliphatic heterocycles. The standard InChI is InChI=1S/C39H44N8O8/c1-5-39(23-49)19-25-15-28(30(16-33(25)55-39)46-8-11-52-12-9-46)41-37(51)35-26(20-45(4)43-35)34-21-47(10-13-53-34)31-17-32-24(18-38(2,22-48)54-32)14-29(31)40-36(50)27-6-7-44(3)42-27/h1,6-7,14-17,20,34,48-49H,8-13,18-19,21-23H2,2-4H3,(H,40,50)(H,41,51)/t34?,38-,39+/m0/s1. The number of carbonyl (C=O) groups is 2. The van der Waals surface area contributed by atoms with Crippen molar-refractivity contribution >= 4 is 34.6 Å². The molecule has 2 aromatic carbocycles. The Hall–Kier alpha value is -5.60. The fourth-order valence-electron chi connectivity index (χ4n) is 7.66. The van der Waals surface area contributed by atoms with Crippen LogP contribution in [0.25, 0.3) is 0 Å². The maximum Gasteiger partial charge on any atom is 0.276 e. The molecule has 4 N–H and O–H groups in total. The highest BCUT2D eigenvalue weighted by Gasteiger charge is 2.40. The van der Waals surface area contributed by atoms with Gasteiger partial charge in [-0.15, -0.1) is 6.42 Å². The Morgan fingerprint density at radius 2 is 1.56 bits per heavy atom. The summed E-state index contributed by atoms with van der Waals surface area (Å²) in [4.78, 5) is 31.8. The number of morpholine rings is 2. The van der Waals surface area contributed by atoms with Crippen LogP contribution < -0.4 is 29.9 Å². The van der Waals surface area contributed by atoms with E-state index in [1.54, 1.807) is 41.9 Å². The van der Waals surface area contributed by atoms with E-state index in [2.05, 4.69) is 36.6 Å². The van der Waals surface area contributed by atoms with Crippen molar-refractivity contribution in [3.63, 3.8) is 0 Å². The first-order chi connectivity index (χ1) is 26.5. The maximum absolute atomic E-state index is 14.3. The highest BCUT2D eigenvalue weighted by Crippen LogP contribution is 2.44. The van der Waals surface area contributed by atoms with Crippen LogP contribution in [0.15, 0.2) is 42.7 Å². The van der Waals surface area contributed by atoms with Gasteiger partial charge in [0, 0.05) is 94.3 Å². The summed E-state index contributed by atoms with van der Waals surface area (Å²) in [5.74, 6) is 3.00. The summed E-state index contributed by atoms with van der Waals surface area (Å²) in [6, 6.07) is 9.14. The Morgan fingerprint density at radius 1 is 0.891 bits per heavy atom. The molecule has 2 amide bonds. The van der Waals surface area contributed by atoms with Gasteiger partial charge in [0.25, 0.3) is 11.8 Å². The van der Waals surface area contributed by atoms with E-state index in [4.69, 9.17) is 25.4 Å². The molecule has 0 aliphatic carbocycles. The minimum absolute atomic E-state index is 0.167. The summed E-state index contributed by atoms with van der Waals surface area (Å²) in [6.45, 7) is 4.77. The van der Waals surface area contributed by atoms with Gasteiger partial charge in [0.05, 0.1) is 55.8 Å². The summed E-state index contributed by atoms with van der Waals surface area (Å²) >= 11 is 0. The Balaban J connectivity index is 1.08. The molecule has 3 atom stereocenters. The van der Waals surface area contributed by atoms with Crippen molar-refractivity contribution < 1.29 is 38.7 Å². The number of fused-ring (bicyclic) bond motifs is 2. The van der Waals surface area contributed by atoms with Crippen LogP contribution in [0.5, 0.6) is 11.5 Å². The van der Waals surface area contributed by atoms with Crippen molar-refractivity contribution in [3.05, 3.63) is 70.8 Å². The topological polar surface area (TPSA) is 178 Å². The third kappa shape index (κ3) is 6.96. The van der Waals surface area contributed by atoms with Crippen LogP contribution >= 0.6 is 0 Å². The lowest BCUT2D eigenvalue weighted by Crippen LogP contribution is -2.39. The van der Waals surface area contributed by atoms with E-state index in [0.717, 1.165) is 16.8 Å². The van der Waals surface area contributed by atoms with Gasteiger partial charge in [-0.3, -0.25) is 19.0 Å². The number of aromatic nitrogens is 4. The van der Waals surface area contributed by atoms with Crippen LogP contribution in [0.4, 0.5) is 22.7 Å². The summed E-state index contributed by atoms with van der Waals surface area (Å²) in [7, 11) is 3.50. The number of rotatable bonds is 9. The summed E-state index contributed by atoms with van der Waals surface area (Å²) < 4.78 is 27.3. The molecular formula is C39H44N8O8. The van der Waals surface area contributed by atoms with Crippen molar-refractivity contribution in [2.24, 2.45) is 14.1 Å². The fraction of sp³-hybridized carbons (Fsp3) is 0.436. The average Bonchev–Trinajstić information content (AvgIpc) is 3.98. The van der Waals surface area contributed by atoms with Crippen molar-refractivity contribution in [3.8, 4) is 23.8 Å². The monoisotopic (exact) mass is 752 g/mol. The van der Waals surface area contributed by atoms with E-state index in [9.17, 15) is 19.8 Å². The van der Waals surface area contributed by atoms with Crippen molar-refractivity contribution in [2.45, 2.75) is 37.1 Å². The van der Waals surface area contributed by atoms with Gasteiger partial charge in [-0.25, -0.2) is 0 Å². The normalized spacial score (nSPS) is 23.0. The van der Waals surface area contributed by atoms with Crippen molar-refractivity contribution in [1.82, 2.24) is 19.6 Å². The molecule has 0 bridgehead atoms. The van der Waals surface area contributed by atoms with Crippen LogP contribution in [0.2, 0.25) is 0 Å². The number of ether oxygens (including phenoxy) is 4. The van der Waals surface area contributed by atoms with Gasteiger partial charge in [0.2, 0.25) is 0 Å². The molecule has 4 aliphatic rings. The van der Waals surface area contributed by atoms with E-state index >= 15 is 0 Å². The second-order valence-corrected chi connectivity index (χ2v) is 14.7. The van der Waals surface area contributed by atoms with Gasteiger partial charge in [-0.05, 0) is 25.1 Å². The number of aliphatic hydroxyl groups excluding tert-OH is 2. The van der Waals surface area contributed by atoms with Gasteiger partial charge in [0.1, 0.15) is 23.2 Å². The zero-order valence-electron chi connectivity index (χ0n) is 31.0. The fourth-order valence-corrected chi connectivity index (χ4v) is 7.66. The van der Waals surface area contributed by atoms with Crippen molar-refractivity contribution in [2.75, 3.05) is 79.6 Å². The molecule has 2 saturated heterocycles. The number of aryl methyl sites for hydroxylation is 2. The van der Waals surface area contributed by atoms with Crippen LogP contribution in [-0.2, 0) is 36.4 Å². The molecule has 2 fully saturated rings. The van der Waals surface area contributed by atoms with Crippen LogP contribution in [-0.4, -0.2) is 112 Å². The van der Waals surface area contributed by atoms with Crippen molar-refractivity contribution in [1.29, 1.82) is 0 Å². The van der Waals surface area contributed by atoms with E-state index in [1.807, 2.05) is 31.2 Å². The SMILES string of the molecule is C#C[C@]1(CO)Cc2cc(NC(=O)c3nn(C)cc3C3CN(c4cc5c(cc4NC(=O)c4ccn(C)n4)C[C@@](C)(CO)O5)CCO3)c(N3CCOCC3)cc2O1. The maximum atomic E-state index is 14.3. The lowest BCUT2D eigenvalue weighted by molar-refractivity contribution is 0.0388. The number of nitrogens with one attached hydrogen (secondary N) is 2. The third-order valence-corrected chi connectivity index (χ3v) is 10.5. The van der Waals surface area contributed by atoms with Crippen LogP contribution in [0.1, 0.15) is 50.7 Å². The lowest BCUT2D eigenvalue weighted by Gasteiger charge is -2.35. The Kier molecular flexibility index (Phi) is 9.42. The molecule has 4 aromatic rings. The Morgan fingerprint density at radius 3 is 2.24 bits per heavy atom. The number of benzene rings is 2. The minimum atomic E-state index is -1.17. The highest BCUT2D eigenvalue weighted by atomic mass is 16.5. The number of carbonyl (C=O) groups excluding carboxylic acids is 2. The zero-order valence-corrected chi connectivity index (χ0v) is 31.0. The average molecular weight is 753 g/mol. The van der Waals surface area contributed by atoms with Gasteiger partial charge >= 0.3 is 0 Å². The molecule has 1 unspecified atom stereocenters. The molecule has 6 heterocycles. The molecule has 8 rings (SSSR count). The number of hydrogen-bond acceptors (Lipinski definition) is 12. The third-order valence-electron chi connectivity index (χ3n) is 10.5. The Bertz CT molecular complexity index is 2190. The first-order valence-corrected chi connectivity index (χ1v) is 18.3. The number of nitrogens with zero attached hydrogens (tertiary/aromatic N) is 6. The van der Waals surface area contributed by atoms with Gasteiger partial charge in [-0.2, -0.15) is 10.2 Å². The highest BCUT2D eigenvalue weighted by molar-refractivity contribution is 6.06. The number of amides is 2. The molecule has 0 saturated carbocycles. The van der Waals surface area contributed by atoms with Gasteiger partial charge < -0.3 is 49.6 Å². The number of aliphatic hydroxyl groups is 2. The van der Waals surface area contributed by atoms with Gasteiger partial charge in [0.15, 0.2) is 17.0 Å². The zero-order chi connectivity index (χ0) is 38.5. The van der Waals surface area contributed by atoms with Gasteiger partial charge in [-0.1, -0.05) is 5.92 Å². The number of terminal acetylenes is 1. The predicted octanol–water partition coefficient (Wildman–Crippen LogP) is 2.06. The molecular weight excluding hydrogens is 708 g/mol. The minimum Gasteiger partial charge on any atom is -0.484 e. The Labute approximate surface area is 317 Å².